The van der Waals surface area contributed by atoms with Crippen LogP contribution in [0.1, 0.15) is 6.42 Å². The molecule has 0 saturated heterocycles. The van der Waals surface area contributed by atoms with Gasteiger partial charge in [-0.3, -0.25) is 4.99 Å². The molecule has 76 valence electrons. The van der Waals surface area contributed by atoms with E-state index in [4.69, 9.17) is 10.2 Å². The van der Waals surface area contributed by atoms with Gasteiger partial charge in [-0.25, -0.2) is 9.59 Å². The van der Waals surface area contributed by atoms with Gasteiger partial charge in [-0.2, -0.15) is 0 Å². The van der Waals surface area contributed by atoms with Crippen LogP contribution in [0.4, 0.5) is 0 Å². The Labute approximate surface area is 80.0 Å². The minimum Gasteiger partial charge on any atom is -0.479 e. The number of hydrogen-bond acceptors (Lipinski definition) is 4. The minimum absolute atomic E-state index is 0.0873. The first-order chi connectivity index (χ1) is 6.52. The quantitative estimate of drug-likeness (QED) is 0.527. The van der Waals surface area contributed by atoms with Crippen molar-refractivity contribution in [3.8, 4) is 0 Å². The predicted molar refractivity (Wildman–Crippen MR) is 48.3 cm³/mol. The number of carboxylic acid groups (broad SMARTS) is 2. The first-order valence-electron chi connectivity index (χ1n) is 3.92. The number of aliphatic imine (C=N–C) groups is 1. The van der Waals surface area contributed by atoms with Crippen LogP contribution in [0.5, 0.6) is 0 Å². The van der Waals surface area contributed by atoms with Gasteiger partial charge < -0.3 is 15.5 Å². The van der Waals surface area contributed by atoms with E-state index < -0.39 is 17.5 Å². The highest BCUT2D eigenvalue weighted by molar-refractivity contribution is 6.35. The second kappa shape index (κ2) is 3.49. The zero-order valence-corrected chi connectivity index (χ0v) is 7.36. The highest BCUT2D eigenvalue weighted by Crippen LogP contribution is 2.17. The van der Waals surface area contributed by atoms with E-state index in [1.807, 2.05) is 0 Å². The van der Waals surface area contributed by atoms with Crippen LogP contribution in [0.2, 0.25) is 0 Å². The molecular weight excluding hydrogens is 188 g/mol. The van der Waals surface area contributed by atoms with E-state index in [1.165, 1.54) is 6.08 Å². The lowest BCUT2D eigenvalue weighted by Crippen LogP contribution is -2.53. The smallest absolute Gasteiger partial charge is 0.371 e. The molecule has 6 heteroatoms. The van der Waals surface area contributed by atoms with Gasteiger partial charge >= 0.3 is 11.9 Å². The Morgan fingerprint density at radius 1 is 1.64 bits per heavy atom. The summed E-state index contributed by atoms with van der Waals surface area (Å²) < 4.78 is 0. The lowest BCUT2D eigenvalue weighted by molar-refractivity contribution is -0.143. The minimum atomic E-state index is -1.34. The molecule has 1 aliphatic heterocycles. The molecule has 0 saturated carbocycles. The number of rotatable bonds is 4. The summed E-state index contributed by atoms with van der Waals surface area (Å²) in [6, 6.07) is 0. The Morgan fingerprint density at radius 2 is 2.29 bits per heavy atom. The fourth-order valence-corrected chi connectivity index (χ4v) is 1.21. The molecule has 0 fully saturated rings. The van der Waals surface area contributed by atoms with Crippen LogP contribution in [0.3, 0.4) is 0 Å². The van der Waals surface area contributed by atoms with Gasteiger partial charge in [0.1, 0.15) is 0 Å². The Kier molecular flexibility index (Phi) is 2.55. The summed E-state index contributed by atoms with van der Waals surface area (Å²) in [6.45, 7) is 3.33. The van der Waals surface area contributed by atoms with Crippen LogP contribution < -0.4 is 5.32 Å². The number of nitrogens with one attached hydrogen (secondary N) is 1. The van der Waals surface area contributed by atoms with Gasteiger partial charge in [-0.05, 0) is 0 Å². The molecule has 0 aliphatic carbocycles. The number of carbonyl (C=O) groups is 2. The molecular formula is C8H10N2O4. The Bertz CT molecular complexity index is 323. The van der Waals surface area contributed by atoms with Crippen molar-refractivity contribution in [2.24, 2.45) is 4.99 Å². The van der Waals surface area contributed by atoms with Crippen LogP contribution in [-0.4, -0.2) is 40.1 Å². The van der Waals surface area contributed by atoms with E-state index in [2.05, 4.69) is 16.9 Å². The number of nitrogens with zero attached hydrogens (tertiary/aromatic N) is 1. The monoisotopic (exact) mass is 198 g/mol. The predicted octanol–water partition coefficient (Wildman–Crippen LogP) is -0.528. The standard InChI is InChI=1S/C8H10N2O4/c1-2-3-8(7(13)14)4-9-5(10-8)6(11)12/h2H,1,3-4H2,(H,9,10)(H,11,12)(H,13,14). The summed E-state index contributed by atoms with van der Waals surface area (Å²) in [5.41, 5.74) is -1.34. The molecule has 0 spiro atoms. The lowest BCUT2D eigenvalue weighted by atomic mass is 9.96. The molecule has 14 heavy (non-hydrogen) atoms. The SMILES string of the molecule is C=CCC1(C(=O)O)CN=C(C(=O)O)N1. The third-order valence-corrected chi connectivity index (χ3v) is 1.97. The van der Waals surface area contributed by atoms with Crippen LogP contribution in [-0.2, 0) is 9.59 Å². The zero-order valence-electron chi connectivity index (χ0n) is 7.36. The van der Waals surface area contributed by atoms with E-state index in [-0.39, 0.29) is 18.8 Å². The largest absolute Gasteiger partial charge is 0.479 e. The molecule has 0 bridgehead atoms. The number of aliphatic carboxylic acids is 2. The number of amidine groups is 1. The zero-order chi connectivity index (χ0) is 10.8. The lowest BCUT2D eigenvalue weighted by Gasteiger charge is -2.22. The first-order valence-corrected chi connectivity index (χ1v) is 3.92. The van der Waals surface area contributed by atoms with Crippen molar-refractivity contribution in [1.82, 2.24) is 5.32 Å². The fraction of sp³-hybridized carbons (Fsp3) is 0.375. The summed E-state index contributed by atoms with van der Waals surface area (Å²) in [4.78, 5) is 25.0. The normalized spacial score (nSPS) is 25.0. The average molecular weight is 198 g/mol. The maximum absolute atomic E-state index is 10.9. The summed E-state index contributed by atoms with van der Waals surface area (Å²) in [5, 5.41) is 19.9. The van der Waals surface area contributed by atoms with E-state index in [9.17, 15) is 9.59 Å². The van der Waals surface area contributed by atoms with Gasteiger partial charge in [0.2, 0.25) is 5.84 Å². The van der Waals surface area contributed by atoms with E-state index in [1.54, 1.807) is 0 Å². The van der Waals surface area contributed by atoms with Gasteiger partial charge in [-0.15, -0.1) is 6.58 Å². The van der Waals surface area contributed by atoms with Crippen molar-refractivity contribution in [2.45, 2.75) is 12.0 Å². The topological polar surface area (TPSA) is 99.0 Å². The Balaban J connectivity index is 2.84. The van der Waals surface area contributed by atoms with Crippen molar-refractivity contribution >= 4 is 17.8 Å². The molecule has 1 heterocycles. The molecule has 1 atom stereocenters. The molecule has 6 nitrogen and oxygen atoms in total. The van der Waals surface area contributed by atoms with Gasteiger partial charge in [-0.1, -0.05) is 6.08 Å². The fourth-order valence-electron chi connectivity index (χ4n) is 1.21. The van der Waals surface area contributed by atoms with E-state index in [0.717, 1.165) is 0 Å². The molecule has 0 aromatic heterocycles. The van der Waals surface area contributed by atoms with Crippen molar-refractivity contribution in [3.05, 3.63) is 12.7 Å². The molecule has 0 aromatic carbocycles. The van der Waals surface area contributed by atoms with Gasteiger partial charge in [0.15, 0.2) is 5.54 Å². The van der Waals surface area contributed by atoms with Crippen molar-refractivity contribution < 1.29 is 19.8 Å². The second-order valence-electron chi connectivity index (χ2n) is 2.98. The summed E-state index contributed by atoms with van der Waals surface area (Å²) in [5.74, 6) is -2.69. The highest BCUT2D eigenvalue weighted by Gasteiger charge is 2.43. The van der Waals surface area contributed by atoms with E-state index >= 15 is 0 Å². The Hall–Kier alpha value is -1.85. The third-order valence-electron chi connectivity index (χ3n) is 1.97. The third kappa shape index (κ3) is 1.59. The first kappa shape index (κ1) is 10.2. The van der Waals surface area contributed by atoms with Crippen molar-refractivity contribution in [1.29, 1.82) is 0 Å². The Morgan fingerprint density at radius 3 is 2.64 bits per heavy atom. The summed E-state index contributed by atoms with van der Waals surface area (Å²) >= 11 is 0. The molecule has 1 aliphatic rings. The summed E-state index contributed by atoms with van der Waals surface area (Å²) in [6.07, 6.45) is 1.55. The van der Waals surface area contributed by atoms with Gasteiger partial charge in [0, 0.05) is 6.42 Å². The molecule has 1 unspecified atom stereocenters. The van der Waals surface area contributed by atoms with Crippen LogP contribution >= 0.6 is 0 Å². The maximum Gasteiger partial charge on any atom is 0.371 e. The van der Waals surface area contributed by atoms with Crippen LogP contribution in [0.15, 0.2) is 17.6 Å². The van der Waals surface area contributed by atoms with Gasteiger partial charge in [0.25, 0.3) is 0 Å². The van der Waals surface area contributed by atoms with Crippen LogP contribution in [0, 0.1) is 0 Å². The molecule has 0 amide bonds. The molecule has 0 radical (unpaired) electrons. The number of hydrogen-bond donors (Lipinski definition) is 3. The van der Waals surface area contributed by atoms with Gasteiger partial charge in [0.05, 0.1) is 6.54 Å². The molecule has 3 N–H and O–H groups in total. The summed E-state index contributed by atoms with van der Waals surface area (Å²) in [7, 11) is 0. The second-order valence-corrected chi connectivity index (χ2v) is 2.98. The van der Waals surface area contributed by atoms with Crippen molar-refractivity contribution in [2.75, 3.05) is 6.54 Å². The van der Waals surface area contributed by atoms with Crippen molar-refractivity contribution in [3.63, 3.8) is 0 Å². The molecule has 0 aromatic rings. The maximum atomic E-state index is 10.9. The van der Waals surface area contributed by atoms with Crippen LogP contribution in [0.25, 0.3) is 0 Å². The molecule has 1 rings (SSSR count). The average Bonchev–Trinajstić information content (AvgIpc) is 2.50. The number of carboxylic acids is 2. The van der Waals surface area contributed by atoms with E-state index in [0.29, 0.717) is 0 Å². The highest BCUT2D eigenvalue weighted by atomic mass is 16.4.